The van der Waals surface area contributed by atoms with Gasteiger partial charge in [0.25, 0.3) is 0 Å². The van der Waals surface area contributed by atoms with Crippen LogP contribution in [0.25, 0.3) is 5.57 Å². The van der Waals surface area contributed by atoms with E-state index in [9.17, 15) is 0 Å². The molecule has 122 valence electrons. The maximum Gasteiger partial charge on any atom is 0.136 e. The molecule has 1 saturated heterocycles. The van der Waals surface area contributed by atoms with Crippen LogP contribution in [0.15, 0.2) is 48.6 Å². The summed E-state index contributed by atoms with van der Waals surface area (Å²) in [6.45, 7) is 3.30. The lowest BCUT2D eigenvalue weighted by Crippen LogP contribution is -2.45. The Morgan fingerprint density at radius 3 is 2.65 bits per heavy atom. The summed E-state index contributed by atoms with van der Waals surface area (Å²) >= 11 is 0. The van der Waals surface area contributed by atoms with Crippen LogP contribution < -0.4 is 0 Å². The average Bonchev–Trinajstić information content (AvgIpc) is 3.41. The van der Waals surface area contributed by atoms with Crippen molar-refractivity contribution in [3.05, 3.63) is 54.1 Å². The van der Waals surface area contributed by atoms with Crippen LogP contribution in [-0.2, 0) is 0 Å². The SMILES string of the molecule is FC1(C2CCCN(CC3CC3)C2)C=CC(c2ccccc2)=CC1. The van der Waals surface area contributed by atoms with Crippen molar-refractivity contribution in [1.82, 2.24) is 4.90 Å². The fraction of sp³-hybridized carbons (Fsp3) is 0.524. The van der Waals surface area contributed by atoms with Crippen LogP contribution in [-0.4, -0.2) is 30.2 Å². The van der Waals surface area contributed by atoms with Gasteiger partial charge in [0.15, 0.2) is 0 Å². The third-order valence-corrected chi connectivity index (χ3v) is 5.68. The van der Waals surface area contributed by atoms with Gasteiger partial charge in [0.05, 0.1) is 0 Å². The second-order valence-corrected chi connectivity index (χ2v) is 7.53. The minimum absolute atomic E-state index is 0.153. The summed E-state index contributed by atoms with van der Waals surface area (Å²) in [6.07, 6.45) is 11.4. The Bertz CT molecular complexity index is 602. The highest BCUT2D eigenvalue weighted by atomic mass is 19.1. The van der Waals surface area contributed by atoms with Crippen molar-refractivity contribution < 1.29 is 4.39 Å². The van der Waals surface area contributed by atoms with Gasteiger partial charge in [-0.25, -0.2) is 4.39 Å². The average molecular weight is 311 g/mol. The molecule has 2 atom stereocenters. The standard InChI is InChI=1S/C21H26FN/c22-21(20-7-4-14-23(16-20)15-17-8-9-17)12-10-19(11-13-21)18-5-2-1-3-6-18/h1-3,5-6,10-12,17,20H,4,7-9,13-16H2. The van der Waals surface area contributed by atoms with E-state index in [1.54, 1.807) is 0 Å². The lowest BCUT2D eigenvalue weighted by molar-refractivity contribution is 0.0596. The topological polar surface area (TPSA) is 3.24 Å². The summed E-state index contributed by atoms with van der Waals surface area (Å²) in [7, 11) is 0. The molecular weight excluding hydrogens is 285 g/mol. The fourth-order valence-corrected chi connectivity index (χ4v) is 4.06. The Balaban J connectivity index is 1.43. The molecule has 1 nitrogen and oxygen atoms in total. The van der Waals surface area contributed by atoms with Crippen LogP contribution in [0.4, 0.5) is 4.39 Å². The van der Waals surface area contributed by atoms with E-state index in [1.165, 1.54) is 24.9 Å². The van der Waals surface area contributed by atoms with Crippen molar-refractivity contribution in [2.24, 2.45) is 11.8 Å². The zero-order valence-corrected chi connectivity index (χ0v) is 13.8. The Labute approximate surface area is 138 Å². The number of alkyl halides is 1. The predicted octanol–water partition coefficient (Wildman–Crippen LogP) is 4.86. The van der Waals surface area contributed by atoms with Crippen LogP contribution in [0.1, 0.15) is 37.7 Å². The number of hydrogen-bond acceptors (Lipinski definition) is 1. The second kappa shape index (κ2) is 6.24. The maximum absolute atomic E-state index is 15.5. The Morgan fingerprint density at radius 1 is 1.13 bits per heavy atom. The highest BCUT2D eigenvalue weighted by molar-refractivity contribution is 5.75. The zero-order chi connectivity index (χ0) is 15.7. The number of benzene rings is 1. The van der Waals surface area contributed by atoms with Crippen molar-refractivity contribution in [2.45, 2.75) is 37.8 Å². The van der Waals surface area contributed by atoms with Gasteiger partial charge in [-0.15, -0.1) is 0 Å². The van der Waals surface area contributed by atoms with Crippen LogP contribution in [0, 0.1) is 11.8 Å². The summed E-state index contributed by atoms with van der Waals surface area (Å²) in [6, 6.07) is 10.3. The van der Waals surface area contributed by atoms with Crippen LogP contribution in [0.3, 0.4) is 0 Å². The Hall–Kier alpha value is -1.41. The van der Waals surface area contributed by atoms with E-state index >= 15 is 4.39 Å². The van der Waals surface area contributed by atoms with Gasteiger partial charge in [-0.3, -0.25) is 0 Å². The monoisotopic (exact) mass is 311 g/mol. The molecule has 1 aromatic carbocycles. The van der Waals surface area contributed by atoms with Crippen LogP contribution in [0.5, 0.6) is 0 Å². The van der Waals surface area contributed by atoms with Gasteiger partial charge in [-0.05, 0) is 55.4 Å². The first kappa shape index (κ1) is 15.1. The molecule has 2 heteroatoms. The van der Waals surface area contributed by atoms with E-state index in [1.807, 2.05) is 30.4 Å². The van der Waals surface area contributed by atoms with Crippen molar-refractivity contribution in [2.75, 3.05) is 19.6 Å². The summed E-state index contributed by atoms with van der Waals surface area (Å²) in [5.74, 6) is 1.05. The van der Waals surface area contributed by atoms with Gasteiger partial charge in [-0.1, -0.05) is 42.5 Å². The molecule has 0 aromatic heterocycles. The van der Waals surface area contributed by atoms with Gasteiger partial charge in [0.2, 0.25) is 0 Å². The normalized spacial score (nSPS) is 31.9. The molecule has 0 spiro atoms. The summed E-state index contributed by atoms with van der Waals surface area (Å²) in [5.41, 5.74) is 1.19. The second-order valence-electron chi connectivity index (χ2n) is 7.53. The molecule has 0 radical (unpaired) electrons. The van der Waals surface area contributed by atoms with Gasteiger partial charge in [-0.2, -0.15) is 0 Å². The van der Waals surface area contributed by atoms with Gasteiger partial charge >= 0.3 is 0 Å². The largest absolute Gasteiger partial charge is 0.303 e. The molecule has 23 heavy (non-hydrogen) atoms. The van der Waals surface area contributed by atoms with Gasteiger partial charge in [0.1, 0.15) is 5.67 Å². The molecule has 1 heterocycles. The minimum Gasteiger partial charge on any atom is -0.303 e. The molecular formula is C21H26FN. The van der Waals surface area contributed by atoms with E-state index in [-0.39, 0.29) is 5.92 Å². The first-order chi connectivity index (χ1) is 11.2. The highest BCUT2D eigenvalue weighted by Gasteiger charge is 2.40. The Morgan fingerprint density at radius 2 is 1.96 bits per heavy atom. The third-order valence-electron chi connectivity index (χ3n) is 5.68. The first-order valence-electron chi connectivity index (χ1n) is 9.09. The van der Waals surface area contributed by atoms with E-state index in [2.05, 4.69) is 23.1 Å². The summed E-state index contributed by atoms with van der Waals surface area (Å²) in [5, 5.41) is 0. The predicted molar refractivity (Wildman–Crippen MR) is 93.9 cm³/mol. The zero-order valence-electron chi connectivity index (χ0n) is 13.8. The van der Waals surface area contributed by atoms with Crippen molar-refractivity contribution in [3.8, 4) is 0 Å². The molecule has 1 aromatic rings. The molecule has 3 aliphatic rings. The molecule has 0 amide bonds. The van der Waals surface area contributed by atoms with E-state index in [4.69, 9.17) is 0 Å². The van der Waals surface area contributed by atoms with Crippen molar-refractivity contribution in [1.29, 1.82) is 0 Å². The summed E-state index contributed by atoms with van der Waals surface area (Å²) in [4.78, 5) is 2.51. The summed E-state index contributed by atoms with van der Waals surface area (Å²) < 4.78 is 15.5. The Kier molecular flexibility index (Phi) is 4.11. The van der Waals surface area contributed by atoms with Crippen molar-refractivity contribution >= 4 is 5.57 Å². The highest BCUT2D eigenvalue weighted by Crippen LogP contribution is 2.40. The molecule has 2 unspecified atom stereocenters. The minimum atomic E-state index is -1.15. The van der Waals surface area contributed by atoms with Gasteiger partial charge < -0.3 is 4.90 Å². The number of likely N-dealkylation sites (tertiary alicyclic amines) is 1. The van der Waals surface area contributed by atoms with Crippen LogP contribution >= 0.6 is 0 Å². The molecule has 4 rings (SSSR count). The number of halogens is 1. The van der Waals surface area contributed by atoms with Crippen molar-refractivity contribution in [3.63, 3.8) is 0 Å². The van der Waals surface area contributed by atoms with Gasteiger partial charge in [0, 0.05) is 25.4 Å². The molecule has 1 aliphatic heterocycles. The number of nitrogens with zero attached hydrogens (tertiary/aromatic N) is 1. The van der Waals surface area contributed by atoms with E-state index < -0.39 is 5.67 Å². The lowest BCUT2D eigenvalue weighted by Gasteiger charge is -2.40. The van der Waals surface area contributed by atoms with E-state index in [0.29, 0.717) is 6.42 Å². The number of piperidine rings is 1. The third kappa shape index (κ3) is 3.42. The molecule has 1 saturated carbocycles. The molecule has 0 N–H and O–H groups in total. The first-order valence-corrected chi connectivity index (χ1v) is 9.09. The molecule has 2 fully saturated rings. The lowest BCUT2D eigenvalue weighted by atomic mass is 9.77. The quantitative estimate of drug-likeness (QED) is 0.767. The number of hydrogen-bond donors (Lipinski definition) is 0. The smallest absolute Gasteiger partial charge is 0.136 e. The molecule has 2 aliphatic carbocycles. The van der Waals surface area contributed by atoms with E-state index in [0.717, 1.165) is 37.4 Å². The fourth-order valence-electron chi connectivity index (χ4n) is 4.06. The maximum atomic E-state index is 15.5. The molecule has 0 bridgehead atoms. The van der Waals surface area contributed by atoms with Crippen LogP contribution in [0.2, 0.25) is 0 Å². The number of rotatable bonds is 4. The number of allylic oxidation sites excluding steroid dienone is 4.